The van der Waals surface area contributed by atoms with Crippen molar-refractivity contribution in [1.29, 1.82) is 0 Å². The van der Waals surface area contributed by atoms with Gasteiger partial charge in [0.05, 0.1) is 4.75 Å². The maximum Gasteiger partial charge on any atom is 0.0699 e. The standard InChI is InChI=1S/C23H16S2/c1-2-8-15(9-3-1)21-22-17-11-5-7-13-19(17)25-23(21,22)20-14-16-10-4-6-12-18(16)24-20/h1-14,21-22H/t21-,22+,23-/m1/s1. The predicted molar refractivity (Wildman–Crippen MR) is 108 cm³/mol. The van der Waals surface area contributed by atoms with Crippen LogP contribution in [0.15, 0.2) is 89.8 Å². The van der Waals surface area contributed by atoms with Crippen molar-refractivity contribution >= 4 is 33.2 Å². The van der Waals surface area contributed by atoms with Crippen LogP contribution in [-0.4, -0.2) is 0 Å². The first kappa shape index (κ1) is 14.2. The van der Waals surface area contributed by atoms with Gasteiger partial charge in [0.15, 0.2) is 0 Å². The number of hydrogen-bond donors (Lipinski definition) is 0. The third-order valence-corrected chi connectivity index (χ3v) is 8.70. The van der Waals surface area contributed by atoms with Crippen LogP contribution < -0.4 is 0 Å². The summed E-state index contributed by atoms with van der Waals surface area (Å²) in [4.78, 5) is 3.01. The molecule has 25 heavy (non-hydrogen) atoms. The third kappa shape index (κ3) is 1.84. The Balaban J connectivity index is 1.56. The molecule has 2 heterocycles. The smallest absolute Gasteiger partial charge is 0.0699 e. The highest BCUT2D eigenvalue weighted by Gasteiger charge is 2.71. The summed E-state index contributed by atoms with van der Waals surface area (Å²) in [7, 11) is 0. The third-order valence-electron chi connectivity index (χ3n) is 5.65. The van der Waals surface area contributed by atoms with Gasteiger partial charge in [0.2, 0.25) is 0 Å². The number of fused-ring (bicyclic) bond motifs is 4. The molecule has 0 radical (unpaired) electrons. The summed E-state index contributed by atoms with van der Waals surface area (Å²) in [5, 5.41) is 1.38. The number of hydrogen-bond acceptors (Lipinski definition) is 2. The van der Waals surface area contributed by atoms with Crippen molar-refractivity contribution in [2.24, 2.45) is 0 Å². The molecule has 0 amide bonds. The molecule has 0 saturated heterocycles. The van der Waals surface area contributed by atoms with Gasteiger partial charge in [0.25, 0.3) is 0 Å². The zero-order chi connectivity index (χ0) is 16.4. The van der Waals surface area contributed by atoms with Gasteiger partial charge in [0, 0.05) is 26.3 Å². The van der Waals surface area contributed by atoms with E-state index >= 15 is 0 Å². The zero-order valence-corrected chi connectivity index (χ0v) is 15.2. The van der Waals surface area contributed by atoms with Crippen molar-refractivity contribution in [1.82, 2.24) is 0 Å². The zero-order valence-electron chi connectivity index (χ0n) is 13.6. The summed E-state index contributed by atoms with van der Waals surface area (Å²) in [6.07, 6.45) is 0. The lowest BCUT2D eigenvalue weighted by Crippen LogP contribution is -2.00. The van der Waals surface area contributed by atoms with Gasteiger partial charge in [0.1, 0.15) is 0 Å². The maximum absolute atomic E-state index is 2.44. The van der Waals surface area contributed by atoms with E-state index in [0.717, 1.165) is 0 Å². The van der Waals surface area contributed by atoms with E-state index in [4.69, 9.17) is 0 Å². The van der Waals surface area contributed by atoms with Gasteiger partial charge in [-0.2, -0.15) is 0 Å². The summed E-state index contributed by atoms with van der Waals surface area (Å²) < 4.78 is 1.59. The Morgan fingerprint density at radius 3 is 2.36 bits per heavy atom. The average Bonchev–Trinajstić information content (AvgIpc) is 2.99. The molecule has 1 aromatic heterocycles. The normalized spacial score (nSPS) is 26.4. The summed E-state index contributed by atoms with van der Waals surface area (Å²) >= 11 is 4.08. The largest absolute Gasteiger partial charge is 0.139 e. The molecule has 0 unspecified atom stereocenters. The molecule has 0 N–H and O–H groups in total. The molecule has 0 nitrogen and oxygen atoms in total. The van der Waals surface area contributed by atoms with Gasteiger partial charge >= 0.3 is 0 Å². The molecule has 1 aliphatic carbocycles. The second-order valence-electron chi connectivity index (χ2n) is 6.95. The Morgan fingerprint density at radius 1 is 0.720 bits per heavy atom. The van der Waals surface area contributed by atoms with Crippen LogP contribution in [0.3, 0.4) is 0 Å². The van der Waals surface area contributed by atoms with E-state index in [-0.39, 0.29) is 4.75 Å². The van der Waals surface area contributed by atoms with Gasteiger partial charge in [-0.1, -0.05) is 66.7 Å². The van der Waals surface area contributed by atoms with Crippen LogP contribution in [0, 0.1) is 0 Å². The molecule has 3 aromatic carbocycles. The lowest BCUT2D eigenvalue weighted by Gasteiger charge is -2.14. The Morgan fingerprint density at radius 2 is 1.48 bits per heavy atom. The quantitative estimate of drug-likeness (QED) is 0.381. The molecule has 120 valence electrons. The van der Waals surface area contributed by atoms with Crippen LogP contribution in [0.25, 0.3) is 10.1 Å². The number of thioether (sulfide) groups is 1. The Bertz CT molecular complexity index is 1060. The van der Waals surface area contributed by atoms with Crippen molar-refractivity contribution in [2.45, 2.75) is 21.5 Å². The summed E-state index contributed by atoms with van der Waals surface area (Å²) in [5.41, 5.74) is 3.02. The van der Waals surface area contributed by atoms with Gasteiger partial charge in [-0.05, 0) is 34.7 Å². The number of benzene rings is 3. The van der Waals surface area contributed by atoms with Gasteiger partial charge in [-0.15, -0.1) is 23.1 Å². The molecule has 2 heteroatoms. The number of thiophene rings is 1. The Kier molecular flexibility index (Phi) is 2.83. The fraction of sp³-hybridized carbons (Fsp3) is 0.130. The summed E-state index contributed by atoms with van der Waals surface area (Å²) in [6.45, 7) is 0. The SMILES string of the molecule is c1ccc([C@@H]2[C@@H]3c4ccccc4S[C@]23c2cc3ccccc3s2)cc1. The molecule has 0 spiro atoms. The Labute approximate surface area is 155 Å². The minimum atomic E-state index is 0.189. The van der Waals surface area contributed by atoms with Gasteiger partial charge < -0.3 is 0 Å². The minimum absolute atomic E-state index is 0.189. The Hall–Kier alpha value is -2.03. The topological polar surface area (TPSA) is 0 Å². The first-order chi connectivity index (χ1) is 12.4. The van der Waals surface area contributed by atoms with E-state index in [1.165, 1.54) is 25.4 Å². The van der Waals surface area contributed by atoms with E-state index in [1.54, 1.807) is 5.56 Å². The lowest BCUT2D eigenvalue weighted by atomic mass is 10.0. The van der Waals surface area contributed by atoms with Gasteiger partial charge in [-0.3, -0.25) is 0 Å². The molecular formula is C23H16S2. The van der Waals surface area contributed by atoms with E-state index in [2.05, 4.69) is 96.7 Å². The van der Waals surface area contributed by atoms with Crippen LogP contribution >= 0.6 is 23.1 Å². The lowest BCUT2D eigenvalue weighted by molar-refractivity contribution is 0.983. The van der Waals surface area contributed by atoms with Crippen LogP contribution in [0.1, 0.15) is 27.8 Å². The summed E-state index contributed by atoms with van der Waals surface area (Å²) in [6, 6.07) is 31.3. The van der Waals surface area contributed by atoms with Crippen molar-refractivity contribution in [3.05, 3.63) is 101 Å². The molecule has 2 aliphatic rings. The van der Waals surface area contributed by atoms with Crippen molar-refractivity contribution < 1.29 is 0 Å². The fourth-order valence-corrected chi connectivity index (χ4v) is 7.73. The highest BCUT2D eigenvalue weighted by atomic mass is 32.2. The molecule has 3 atom stereocenters. The first-order valence-corrected chi connectivity index (χ1v) is 10.3. The monoisotopic (exact) mass is 356 g/mol. The molecule has 1 saturated carbocycles. The molecule has 1 fully saturated rings. The van der Waals surface area contributed by atoms with Crippen LogP contribution in [0.2, 0.25) is 0 Å². The van der Waals surface area contributed by atoms with Gasteiger partial charge in [-0.25, -0.2) is 0 Å². The average molecular weight is 357 g/mol. The first-order valence-electron chi connectivity index (χ1n) is 8.70. The molecule has 1 aliphatic heterocycles. The number of rotatable bonds is 2. The van der Waals surface area contributed by atoms with Crippen LogP contribution in [0.5, 0.6) is 0 Å². The molecular weight excluding hydrogens is 340 g/mol. The highest BCUT2D eigenvalue weighted by Crippen LogP contribution is 2.82. The van der Waals surface area contributed by atoms with Crippen molar-refractivity contribution in [3.8, 4) is 0 Å². The van der Waals surface area contributed by atoms with Crippen molar-refractivity contribution in [2.75, 3.05) is 0 Å². The molecule has 4 aromatic rings. The second-order valence-corrected chi connectivity index (χ2v) is 9.35. The highest BCUT2D eigenvalue weighted by molar-refractivity contribution is 8.01. The van der Waals surface area contributed by atoms with Crippen LogP contribution in [0.4, 0.5) is 0 Å². The molecule has 6 rings (SSSR count). The van der Waals surface area contributed by atoms with Crippen LogP contribution in [-0.2, 0) is 4.75 Å². The fourth-order valence-electron chi connectivity index (χ4n) is 4.55. The maximum atomic E-state index is 2.44. The van der Waals surface area contributed by atoms with E-state index in [9.17, 15) is 0 Å². The van der Waals surface area contributed by atoms with E-state index in [1.807, 2.05) is 11.3 Å². The van der Waals surface area contributed by atoms with E-state index < -0.39 is 0 Å². The minimum Gasteiger partial charge on any atom is -0.139 e. The predicted octanol–water partition coefficient (Wildman–Crippen LogP) is 6.78. The molecule has 0 bridgehead atoms. The second kappa shape index (κ2) is 5.00. The summed E-state index contributed by atoms with van der Waals surface area (Å²) in [5.74, 6) is 1.19. The van der Waals surface area contributed by atoms with E-state index in [0.29, 0.717) is 11.8 Å². The van der Waals surface area contributed by atoms with Crippen molar-refractivity contribution in [3.63, 3.8) is 0 Å².